The number of hydrogen-bond donors (Lipinski definition) is 2. The molecule has 19 heavy (non-hydrogen) atoms. The Morgan fingerprint density at radius 1 is 1.47 bits per heavy atom. The molecular weight excluding hydrogens is 268 g/mol. The van der Waals surface area contributed by atoms with Gasteiger partial charge in [-0.3, -0.25) is 4.79 Å². The molecule has 1 atom stereocenters. The molecule has 3 N–H and O–H groups in total. The van der Waals surface area contributed by atoms with E-state index in [1.165, 1.54) is 19.1 Å². The van der Waals surface area contributed by atoms with Gasteiger partial charge >= 0.3 is 5.97 Å². The molecule has 1 aliphatic carbocycles. The van der Waals surface area contributed by atoms with Crippen LogP contribution >= 0.6 is 11.6 Å². The average Bonchev–Trinajstić information content (AvgIpc) is 3.12. The molecule has 1 amide bonds. The number of esters is 1. The van der Waals surface area contributed by atoms with E-state index in [0.29, 0.717) is 5.02 Å². The number of ether oxygens (including phenoxy) is 1. The van der Waals surface area contributed by atoms with Gasteiger partial charge < -0.3 is 15.8 Å². The van der Waals surface area contributed by atoms with Crippen LogP contribution in [0.25, 0.3) is 0 Å². The number of anilines is 1. The minimum atomic E-state index is -0.844. The highest BCUT2D eigenvalue weighted by Gasteiger charge is 2.27. The molecule has 1 aromatic rings. The van der Waals surface area contributed by atoms with Crippen molar-refractivity contribution < 1.29 is 14.3 Å². The lowest BCUT2D eigenvalue weighted by atomic mass is 10.2. The molecule has 6 heteroatoms. The minimum Gasteiger partial charge on any atom is -0.449 e. The summed E-state index contributed by atoms with van der Waals surface area (Å²) in [5.74, 6) is -0.920. The van der Waals surface area contributed by atoms with E-state index in [9.17, 15) is 9.59 Å². The summed E-state index contributed by atoms with van der Waals surface area (Å²) < 4.78 is 5.07. The van der Waals surface area contributed by atoms with Crippen molar-refractivity contribution in [2.24, 2.45) is 0 Å². The van der Waals surface area contributed by atoms with E-state index in [0.717, 1.165) is 12.8 Å². The lowest BCUT2D eigenvalue weighted by Crippen LogP contribution is -2.37. The molecule has 0 heterocycles. The predicted octanol–water partition coefficient (Wildman–Crippen LogP) is 1.75. The quantitative estimate of drug-likeness (QED) is 0.651. The van der Waals surface area contributed by atoms with Gasteiger partial charge in [0, 0.05) is 16.8 Å². The van der Waals surface area contributed by atoms with Crippen molar-refractivity contribution in [3.8, 4) is 0 Å². The first-order valence-electron chi connectivity index (χ1n) is 6.03. The standard InChI is InChI=1S/C13H15ClN2O3/c1-7(12(17)16-9-3-4-9)19-13(18)10-5-2-8(14)6-11(10)15/h2,5-7,9H,3-4,15H2,1H3,(H,16,17)/t7-/m1/s1. The second kappa shape index (κ2) is 5.48. The van der Waals surface area contributed by atoms with Gasteiger partial charge in [0.25, 0.3) is 5.91 Å². The van der Waals surface area contributed by atoms with Crippen molar-refractivity contribution in [1.82, 2.24) is 5.32 Å². The van der Waals surface area contributed by atoms with Gasteiger partial charge in [-0.1, -0.05) is 11.6 Å². The monoisotopic (exact) mass is 282 g/mol. The Bertz CT molecular complexity index is 515. The molecule has 1 fully saturated rings. The Morgan fingerprint density at radius 2 is 2.16 bits per heavy atom. The fraction of sp³-hybridized carbons (Fsp3) is 0.385. The van der Waals surface area contributed by atoms with Crippen molar-refractivity contribution in [1.29, 1.82) is 0 Å². The van der Waals surface area contributed by atoms with E-state index in [1.807, 2.05) is 0 Å². The van der Waals surface area contributed by atoms with E-state index >= 15 is 0 Å². The van der Waals surface area contributed by atoms with Crippen LogP contribution in [-0.4, -0.2) is 24.0 Å². The van der Waals surface area contributed by atoms with Gasteiger partial charge in [-0.25, -0.2) is 4.79 Å². The van der Waals surface area contributed by atoms with Crippen LogP contribution in [0.2, 0.25) is 5.02 Å². The zero-order valence-electron chi connectivity index (χ0n) is 10.5. The van der Waals surface area contributed by atoms with E-state index in [4.69, 9.17) is 22.1 Å². The van der Waals surface area contributed by atoms with E-state index in [-0.39, 0.29) is 23.2 Å². The van der Waals surface area contributed by atoms with Gasteiger partial charge in [0.05, 0.1) is 5.56 Å². The summed E-state index contributed by atoms with van der Waals surface area (Å²) in [6.07, 6.45) is 1.12. The molecule has 1 aromatic carbocycles. The molecule has 0 aliphatic heterocycles. The first-order chi connectivity index (χ1) is 8.97. The molecule has 1 aliphatic rings. The summed E-state index contributed by atoms with van der Waals surface area (Å²) in [5, 5.41) is 3.20. The summed E-state index contributed by atoms with van der Waals surface area (Å²) >= 11 is 5.75. The van der Waals surface area contributed by atoms with Crippen LogP contribution in [0.5, 0.6) is 0 Å². The normalized spacial score (nSPS) is 15.7. The van der Waals surface area contributed by atoms with Gasteiger partial charge in [0.1, 0.15) is 0 Å². The van der Waals surface area contributed by atoms with Crippen LogP contribution in [0.3, 0.4) is 0 Å². The second-order valence-corrected chi connectivity index (χ2v) is 5.00. The molecule has 0 spiro atoms. The van der Waals surface area contributed by atoms with Crippen LogP contribution in [-0.2, 0) is 9.53 Å². The first kappa shape index (κ1) is 13.7. The Balaban J connectivity index is 1.97. The Kier molecular flexibility index (Phi) is 3.95. The van der Waals surface area contributed by atoms with Crippen LogP contribution < -0.4 is 11.1 Å². The van der Waals surface area contributed by atoms with Gasteiger partial charge in [0.2, 0.25) is 0 Å². The van der Waals surface area contributed by atoms with Crippen LogP contribution in [0.1, 0.15) is 30.1 Å². The summed E-state index contributed by atoms with van der Waals surface area (Å²) in [6, 6.07) is 4.72. The average molecular weight is 283 g/mol. The molecule has 5 nitrogen and oxygen atoms in total. The molecule has 2 rings (SSSR count). The van der Waals surface area contributed by atoms with Crippen LogP contribution in [0.15, 0.2) is 18.2 Å². The number of halogens is 1. The Hall–Kier alpha value is -1.75. The highest BCUT2D eigenvalue weighted by atomic mass is 35.5. The third-order valence-corrected chi connectivity index (χ3v) is 3.05. The fourth-order valence-electron chi connectivity index (χ4n) is 1.54. The number of nitrogens with two attached hydrogens (primary N) is 1. The zero-order chi connectivity index (χ0) is 14.0. The lowest BCUT2D eigenvalue weighted by Gasteiger charge is -2.14. The van der Waals surface area contributed by atoms with E-state index in [1.54, 1.807) is 6.07 Å². The molecular formula is C13H15ClN2O3. The maximum Gasteiger partial charge on any atom is 0.341 e. The number of amides is 1. The molecule has 0 radical (unpaired) electrons. The summed E-state index contributed by atoms with van der Waals surface area (Å²) in [5.41, 5.74) is 6.11. The largest absolute Gasteiger partial charge is 0.449 e. The molecule has 0 unspecified atom stereocenters. The van der Waals surface area contributed by atoms with Gasteiger partial charge in [-0.15, -0.1) is 0 Å². The number of rotatable bonds is 4. The highest BCUT2D eigenvalue weighted by Crippen LogP contribution is 2.20. The van der Waals surface area contributed by atoms with Crippen molar-refractivity contribution in [3.05, 3.63) is 28.8 Å². The Labute approximate surface area is 116 Å². The zero-order valence-corrected chi connectivity index (χ0v) is 11.2. The van der Waals surface area contributed by atoms with Gasteiger partial charge in [-0.2, -0.15) is 0 Å². The maximum absolute atomic E-state index is 11.9. The van der Waals surface area contributed by atoms with Crippen molar-refractivity contribution in [2.45, 2.75) is 31.9 Å². The summed E-state index contributed by atoms with van der Waals surface area (Å²) in [6.45, 7) is 1.53. The number of hydrogen-bond acceptors (Lipinski definition) is 4. The third-order valence-electron chi connectivity index (χ3n) is 2.81. The molecule has 0 aromatic heterocycles. The molecule has 0 bridgehead atoms. The highest BCUT2D eigenvalue weighted by molar-refractivity contribution is 6.31. The van der Waals surface area contributed by atoms with Crippen LogP contribution in [0.4, 0.5) is 5.69 Å². The second-order valence-electron chi connectivity index (χ2n) is 4.56. The Morgan fingerprint density at radius 3 is 2.74 bits per heavy atom. The van der Waals surface area contributed by atoms with Crippen molar-refractivity contribution >= 4 is 29.2 Å². The summed E-state index contributed by atoms with van der Waals surface area (Å²) in [4.78, 5) is 23.5. The number of nitrogen functional groups attached to an aromatic ring is 1. The van der Waals surface area contributed by atoms with E-state index in [2.05, 4.69) is 5.32 Å². The number of carbonyl (C=O) groups is 2. The molecule has 1 saturated carbocycles. The SMILES string of the molecule is C[C@@H](OC(=O)c1ccc(Cl)cc1N)C(=O)NC1CC1. The molecule has 102 valence electrons. The first-order valence-corrected chi connectivity index (χ1v) is 6.41. The van der Waals surface area contributed by atoms with Crippen molar-refractivity contribution in [3.63, 3.8) is 0 Å². The summed E-state index contributed by atoms with van der Waals surface area (Å²) in [7, 11) is 0. The van der Waals surface area contributed by atoms with Crippen LogP contribution in [0, 0.1) is 0 Å². The topological polar surface area (TPSA) is 81.4 Å². The fourth-order valence-corrected chi connectivity index (χ4v) is 1.72. The predicted molar refractivity (Wildman–Crippen MR) is 71.9 cm³/mol. The number of carbonyl (C=O) groups excluding carboxylic acids is 2. The smallest absolute Gasteiger partial charge is 0.341 e. The van der Waals surface area contributed by atoms with E-state index < -0.39 is 12.1 Å². The van der Waals surface area contributed by atoms with Crippen molar-refractivity contribution in [2.75, 3.05) is 5.73 Å². The molecule has 0 saturated heterocycles. The lowest BCUT2D eigenvalue weighted by molar-refractivity contribution is -0.129. The minimum absolute atomic E-state index is 0.204. The maximum atomic E-state index is 11.9. The van der Waals surface area contributed by atoms with Gasteiger partial charge in [0.15, 0.2) is 6.10 Å². The van der Waals surface area contributed by atoms with Gasteiger partial charge in [-0.05, 0) is 38.0 Å². The number of nitrogens with one attached hydrogen (secondary N) is 1. The third kappa shape index (κ3) is 3.61. The number of benzene rings is 1.